The van der Waals surface area contributed by atoms with E-state index in [9.17, 15) is 35.1 Å². The van der Waals surface area contributed by atoms with E-state index in [0.29, 0.717) is 30.2 Å². The molecule has 0 atom stereocenters. The third-order valence-electron chi connectivity index (χ3n) is 6.53. The van der Waals surface area contributed by atoms with E-state index in [1.807, 2.05) is 6.92 Å². The van der Waals surface area contributed by atoms with Crippen molar-refractivity contribution in [1.82, 2.24) is 0 Å². The van der Waals surface area contributed by atoms with Crippen LogP contribution in [-0.4, -0.2) is 0 Å². The Morgan fingerprint density at radius 1 is 0.625 bits per heavy atom. The molecule has 4 aromatic carbocycles. The number of unbranched alkanes of at least 4 members (excludes halogenated alkanes) is 2. The quantitative estimate of drug-likeness (QED) is 0.145. The average molecular weight is 565 g/mol. The average Bonchev–Trinajstić information content (AvgIpc) is 2.86. The minimum Gasteiger partial charge on any atom is -0.429 e. The smallest absolute Gasteiger partial charge is 0.429 e. The van der Waals surface area contributed by atoms with Crippen LogP contribution in [0.3, 0.4) is 0 Å². The van der Waals surface area contributed by atoms with E-state index >= 15 is 0 Å². The van der Waals surface area contributed by atoms with Crippen molar-refractivity contribution in [1.29, 1.82) is 0 Å². The number of halogens is 8. The van der Waals surface area contributed by atoms with Crippen molar-refractivity contribution < 1.29 is 39.9 Å². The van der Waals surface area contributed by atoms with Gasteiger partial charge in [-0.1, -0.05) is 31.9 Å². The molecular formula is C31H24F8O. The van der Waals surface area contributed by atoms with Gasteiger partial charge in [0.15, 0.2) is 0 Å². The fourth-order valence-electron chi connectivity index (χ4n) is 4.33. The van der Waals surface area contributed by atoms with E-state index in [1.54, 1.807) is 6.07 Å². The van der Waals surface area contributed by atoms with Gasteiger partial charge in [0.2, 0.25) is 0 Å². The summed E-state index contributed by atoms with van der Waals surface area (Å²) < 4.78 is 121. The summed E-state index contributed by atoms with van der Waals surface area (Å²) in [7, 11) is 0. The Bertz CT molecular complexity index is 1500. The van der Waals surface area contributed by atoms with Gasteiger partial charge in [0.1, 0.15) is 46.2 Å². The maximum absolute atomic E-state index is 14.9. The van der Waals surface area contributed by atoms with Gasteiger partial charge in [-0.15, -0.1) is 0 Å². The third kappa shape index (κ3) is 6.13. The summed E-state index contributed by atoms with van der Waals surface area (Å²) in [6, 6.07) is 9.36. The predicted molar refractivity (Wildman–Crippen MR) is 136 cm³/mol. The number of benzene rings is 4. The number of alkyl halides is 2. The number of ether oxygens (including phenoxy) is 1. The van der Waals surface area contributed by atoms with Crippen LogP contribution in [0.2, 0.25) is 0 Å². The Morgan fingerprint density at radius 2 is 1.15 bits per heavy atom. The van der Waals surface area contributed by atoms with Crippen molar-refractivity contribution in [2.45, 2.75) is 45.6 Å². The number of aryl methyl sites for hydroxylation is 1. The minimum atomic E-state index is -4.59. The maximum Gasteiger partial charge on any atom is 0.432 e. The van der Waals surface area contributed by atoms with Crippen LogP contribution in [-0.2, 0) is 12.5 Å². The van der Waals surface area contributed by atoms with E-state index < -0.39 is 52.3 Å². The van der Waals surface area contributed by atoms with E-state index in [1.165, 1.54) is 19.1 Å². The van der Waals surface area contributed by atoms with Gasteiger partial charge in [-0.05, 0) is 78.9 Å². The molecule has 210 valence electrons. The fourth-order valence-corrected chi connectivity index (χ4v) is 4.33. The highest BCUT2D eigenvalue weighted by atomic mass is 19.3. The van der Waals surface area contributed by atoms with Crippen LogP contribution < -0.4 is 4.74 Å². The van der Waals surface area contributed by atoms with Crippen LogP contribution in [0.25, 0.3) is 22.3 Å². The first-order valence-electron chi connectivity index (χ1n) is 12.5. The van der Waals surface area contributed by atoms with Crippen LogP contribution in [0, 0.1) is 41.8 Å². The second-order valence-electron chi connectivity index (χ2n) is 9.41. The predicted octanol–water partition coefficient (Wildman–Crippen LogP) is 10.0. The van der Waals surface area contributed by atoms with Crippen LogP contribution in [0.1, 0.15) is 42.9 Å². The van der Waals surface area contributed by atoms with Crippen molar-refractivity contribution in [3.63, 3.8) is 0 Å². The highest BCUT2D eigenvalue weighted by Gasteiger charge is 2.41. The Hall–Kier alpha value is -3.88. The van der Waals surface area contributed by atoms with Gasteiger partial charge < -0.3 is 4.74 Å². The number of hydrogen-bond acceptors (Lipinski definition) is 1. The summed E-state index contributed by atoms with van der Waals surface area (Å²) in [6.07, 6.45) is -1.18. The maximum atomic E-state index is 14.9. The largest absolute Gasteiger partial charge is 0.432 e. The fraction of sp³-hybridized carbons (Fsp3) is 0.226. The molecule has 0 bridgehead atoms. The second kappa shape index (κ2) is 11.7. The highest BCUT2D eigenvalue weighted by Crippen LogP contribution is 2.38. The summed E-state index contributed by atoms with van der Waals surface area (Å²) in [5, 5.41) is 0. The summed E-state index contributed by atoms with van der Waals surface area (Å²) in [5.41, 5.74) is -2.29. The molecule has 0 aliphatic heterocycles. The Balaban J connectivity index is 1.59. The van der Waals surface area contributed by atoms with E-state index in [4.69, 9.17) is 0 Å². The molecule has 0 fully saturated rings. The van der Waals surface area contributed by atoms with E-state index in [2.05, 4.69) is 4.74 Å². The molecular weight excluding hydrogens is 540 g/mol. The molecule has 4 aromatic rings. The van der Waals surface area contributed by atoms with Crippen molar-refractivity contribution >= 4 is 0 Å². The number of hydrogen-bond donors (Lipinski definition) is 0. The molecule has 4 rings (SSSR count). The lowest BCUT2D eigenvalue weighted by Crippen LogP contribution is -2.25. The molecule has 0 radical (unpaired) electrons. The highest BCUT2D eigenvalue weighted by molar-refractivity contribution is 5.66. The van der Waals surface area contributed by atoms with Gasteiger partial charge in [0, 0.05) is 22.8 Å². The molecule has 0 spiro atoms. The lowest BCUT2D eigenvalue weighted by atomic mass is 9.99. The molecule has 0 amide bonds. The summed E-state index contributed by atoms with van der Waals surface area (Å²) in [4.78, 5) is 0. The van der Waals surface area contributed by atoms with Gasteiger partial charge in [-0.2, -0.15) is 8.78 Å². The lowest BCUT2D eigenvalue weighted by molar-refractivity contribution is -0.189. The first kappa shape index (κ1) is 29.1. The number of rotatable bonds is 9. The Morgan fingerprint density at radius 3 is 1.68 bits per heavy atom. The summed E-state index contributed by atoms with van der Waals surface area (Å²) in [6.45, 7) is 3.22. The molecule has 1 nitrogen and oxygen atoms in total. The molecule has 40 heavy (non-hydrogen) atoms. The van der Waals surface area contributed by atoms with Crippen LogP contribution in [0.4, 0.5) is 35.1 Å². The third-order valence-corrected chi connectivity index (χ3v) is 6.53. The topological polar surface area (TPSA) is 9.23 Å². The second-order valence-corrected chi connectivity index (χ2v) is 9.41. The molecule has 0 aliphatic carbocycles. The van der Waals surface area contributed by atoms with E-state index in [-0.39, 0.29) is 27.8 Å². The van der Waals surface area contributed by atoms with Crippen LogP contribution in [0.5, 0.6) is 5.75 Å². The first-order valence-corrected chi connectivity index (χ1v) is 12.5. The van der Waals surface area contributed by atoms with Gasteiger partial charge in [0.25, 0.3) is 0 Å². The van der Waals surface area contributed by atoms with Crippen molar-refractivity contribution in [3.8, 4) is 28.0 Å². The molecule has 0 aromatic heterocycles. The zero-order valence-corrected chi connectivity index (χ0v) is 21.5. The molecule has 0 unspecified atom stereocenters. The monoisotopic (exact) mass is 564 g/mol. The minimum absolute atomic E-state index is 0.172. The zero-order valence-electron chi connectivity index (χ0n) is 21.5. The van der Waals surface area contributed by atoms with Crippen molar-refractivity contribution in [3.05, 3.63) is 112 Å². The van der Waals surface area contributed by atoms with Crippen molar-refractivity contribution in [2.24, 2.45) is 0 Å². The normalized spacial score (nSPS) is 11.7. The summed E-state index contributed by atoms with van der Waals surface area (Å²) in [5.74, 6) is -7.99. The van der Waals surface area contributed by atoms with Crippen LogP contribution >= 0.6 is 0 Å². The zero-order chi connectivity index (χ0) is 29.2. The van der Waals surface area contributed by atoms with Crippen molar-refractivity contribution in [2.75, 3.05) is 0 Å². The molecule has 0 heterocycles. The molecule has 0 N–H and O–H groups in total. The van der Waals surface area contributed by atoms with Crippen LogP contribution in [0.15, 0.2) is 60.7 Å². The Labute approximate surface area is 226 Å². The van der Waals surface area contributed by atoms with E-state index in [0.717, 1.165) is 43.5 Å². The first-order chi connectivity index (χ1) is 18.9. The summed E-state index contributed by atoms with van der Waals surface area (Å²) >= 11 is 0. The lowest BCUT2D eigenvalue weighted by Gasteiger charge is -2.20. The van der Waals surface area contributed by atoms with Gasteiger partial charge in [0.05, 0.1) is 0 Å². The molecule has 0 saturated carbocycles. The van der Waals surface area contributed by atoms with Gasteiger partial charge >= 0.3 is 6.11 Å². The standard InChI is InChI=1S/C31H24F8O/c1-3-4-5-6-18-7-9-22(26(34)11-18)20-14-28(36)30(29(37)15-20)31(38,39)40-21-8-10-23(27(35)16-21)19-12-24(32)17(2)25(33)13-19/h7-16H,3-6H2,1-2H3. The molecule has 9 heteroatoms. The van der Waals surface area contributed by atoms with Gasteiger partial charge in [-0.3, -0.25) is 0 Å². The Kier molecular flexibility index (Phi) is 8.51. The SMILES string of the molecule is CCCCCc1ccc(-c2cc(F)c(C(F)(F)Oc3ccc(-c4cc(F)c(C)c(F)c4)c(F)c3)c(F)c2)c(F)c1. The van der Waals surface area contributed by atoms with Gasteiger partial charge in [-0.25, -0.2) is 26.3 Å². The molecule has 0 saturated heterocycles. The molecule has 0 aliphatic rings.